The monoisotopic (exact) mass is 253 g/mol. The number of hydrogen-bond donors (Lipinski definition) is 1. The third-order valence-electron chi connectivity index (χ3n) is 3.39. The number of fused-ring (bicyclic) bond motifs is 1. The average Bonchev–Trinajstić information content (AvgIpc) is 2.76. The Morgan fingerprint density at radius 1 is 1.16 bits per heavy atom. The van der Waals surface area contributed by atoms with Gasteiger partial charge < -0.3 is 9.52 Å². The van der Waals surface area contributed by atoms with Gasteiger partial charge in [0.15, 0.2) is 0 Å². The molecule has 0 amide bonds. The second kappa shape index (κ2) is 4.52. The Balaban J connectivity index is 2.16. The van der Waals surface area contributed by atoms with Crippen molar-refractivity contribution in [2.24, 2.45) is 0 Å². The van der Waals surface area contributed by atoms with Crippen molar-refractivity contribution < 1.29 is 9.52 Å². The van der Waals surface area contributed by atoms with Gasteiger partial charge in [0.25, 0.3) is 0 Å². The Hall–Kier alpha value is -2.13. The van der Waals surface area contributed by atoms with E-state index in [2.05, 4.69) is 4.98 Å². The van der Waals surface area contributed by atoms with Gasteiger partial charge in [0.05, 0.1) is 0 Å². The van der Waals surface area contributed by atoms with E-state index in [1.165, 1.54) is 0 Å². The van der Waals surface area contributed by atoms with Crippen LogP contribution in [0.5, 0.6) is 0 Å². The number of aliphatic hydroxyl groups excluding tert-OH is 1. The summed E-state index contributed by atoms with van der Waals surface area (Å²) in [7, 11) is 0. The molecule has 19 heavy (non-hydrogen) atoms. The molecule has 1 atom stereocenters. The Labute approximate surface area is 111 Å². The van der Waals surface area contributed by atoms with E-state index in [9.17, 15) is 5.11 Å². The number of rotatable bonds is 2. The van der Waals surface area contributed by atoms with E-state index in [0.29, 0.717) is 0 Å². The molecule has 96 valence electrons. The van der Waals surface area contributed by atoms with Crippen molar-refractivity contribution in [1.82, 2.24) is 4.98 Å². The van der Waals surface area contributed by atoms with Crippen LogP contribution >= 0.6 is 0 Å². The van der Waals surface area contributed by atoms with E-state index in [1.54, 1.807) is 12.4 Å². The lowest BCUT2D eigenvalue weighted by Crippen LogP contribution is -2.01. The third-order valence-corrected chi connectivity index (χ3v) is 3.39. The molecule has 3 heteroatoms. The van der Waals surface area contributed by atoms with Crippen LogP contribution in [-0.2, 0) is 0 Å². The molecule has 3 nitrogen and oxygen atoms in total. The van der Waals surface area contributed by atoms with Crippen LogP contribution in [0.2, 0.25) is 0 Å². The molecule has 1 aromatic carbocycles. The minimum atomic E-state index is -0.689. The predicted molar refractivity (Wildman–Crippen MR) is 74.0 cm³/mol. The first-order chi connectivity index (χ1) is 9.16. The third kappa shape index (κ3) is 2.02. The number of pyridine rings is 1. The van der Waals surface area contributed by atoms with E-state index in [4.69, 9.17) is 4.42 Å². The molecule has 0 bridgehead atoms. The number of aromatic nitrogens is 1. The lowest BCUT2D eigenvalue weighted by atomic mass is 9.97. The maximum atomic E-state index is 10.6. The van der Waals surface area contributed by atoms with Crippen LogP contribution in [0.15, 0.2) is 47.1 Å². The van der Waals surface area contributed by atoms with Crippen molar-refractivity contribution in [3.63, 3.8) is 0 Å². The van der Waals surface area contributed by atoms with Crippen LogP contribution in [0.1, 0.15) is 28.8 Å². The van der Waals surface area contributed by atoms with Gasteiger partial charge in [-0.3, -0.25) is 4.98 Å². The smallest absolute Gasteiger partial charge is 0.108 e. The van der Waals surface area contributed by atoms with Gasteiger partial charge in [0.2, 0.25) is 0 Å². The van der Waals surface area contributed by atoms with Crippen LogP contribution in [0.3, 0.4) is 0 Å². The number of furan rings is 1. The van der Waals surface area contributed by atoms with E-state index < -0.39 is 6.10 Å². The Kier molecular flexibility index (Phi) is 2.84. The van der Waals surface area contributed by atoms with E-state index >= 15 is 0 Å². The fourth-order valence-electron chi connectivity index (χ4n) is 2.46. The molecule has 0 aliphatic carbocycles. The molecule has 0 fully saturated rings. The zero-order chi connectivity index (χ0) is 13.4. The first kappa shape index (κ1) is 11.9. The number of aliphatic hydroxyl groups is 1. The van der Waals surface area contributed by atoms with Crippen LogP contribution in [0.4, 0.5) is 0 Å². The topological polar surface area (TPSA) is 46.3 Å². The van der Waals surface area contributed by atoms with Gasteiger partial charge in [-0.1, -0.05) is 18.2 Å². The lowest BCUT2D eigenvalue weighted by Gasteiger charge is -2.12. The van der Waals surface area contributed by atoms with Gasteiger partial charge >= 0.3 is 0 Å². The second-order valence-corrected chi connectivity index (χ2v) is 4.72. The minimum Gasteiger partial charge on any atom is -0.466 e. The summed E-state index contributed by atoms with van der Waals surface area (Å²) in [6.07, 6.45) is 2.85. The van der Waals surface area contributed by atoms with Crippen molar-refractivity contribution in [2.75, 3.05) is 0 Å². The molecular weight excluding hydrogens is 238 g/mol. The molecule has 0 aliphatic rings. The van der Waals surface area contributed by atoms with Crippen LogP contribution in [-0.4, -0.2) is 10.1 Å². The maximum Gasteiger partial charge on any atom is 0.108 e. The number of benzene rings is 1. The Bertz CT molecular complexity index is 725. The van der Waals surface area contributed by atoms with E-state index in [0.717, 1.165) is 33.4 Å². The van der Waals surface area contributed by atoms with Crippen molar-refractivity contribution in [3.05, 3.63) is 65.4 Å². The summed E-state index contributed by atoms with van der Waals surface area (Å²) in [6.45, 7) is 3.75. The predicted octanol–water partition coefficient (Wildman–Crippen LogP) is 3.53. The van der Waals surface area contributed by atoms with Crippen molar-refractivity contribution in [1.29, 1.82) is 0 Å². The molecule has 0 radical (unpaired) electrons. The fraction of sp³-hybridized carbons (Fsp3) is 0.188. The SMILES string of the molecule is Cc1cc(C(O)c2cccc3ccncc23)c(C)o1. The number of hydrogen-bond acceptors (Lipinski definition) is 3. The molecule has 3 rings (SSSR count). The highest BCUT2D eigenvalue weighted by Gasteiger charge is 2.18. The fourth-order valence-corrected chi connectivity index (χ4v) is 2.46. The zero-order valence-electron chi connectivity index (χ0n) is 10.9. The summed E-state index contributed by atoms with van der Waals surface area (Å²) in [5, 5.41) is 12.6. The van der Waals surface area contributed by atoms with Crippen molar-refractivity contribution in [3.8, 4) is 0 Å². The van der Waals surface area contributed by atoms with Crippen LogP contribution < -0.4 is 0 Å². The zero-order valence-corrected chi connectivity index (χ0v) is 10.9. The highest BCUT2D eigenvalue weighted by atomic mass is 16.3. The summed E-state index contributed by atoms with van der Waals surface area (Å²) in [4.78, 5) is 4.14. The summed E-state index contributed by atoms with van der Waals surface area (Å²) in [6, 6.07) is 9.72. The second-order valence-electron chi connectivity index (χ2n) is 4.72. The summed E-state index contributed by atoms with van der Waals surface area (Å²) >= 11 is 0. The quantitative estimate of drug-likeness (QED) is 0.760. The summed E-state index contributed by atoms with van der Waals surface area (Å²) in [5.74, 6) is 1.57. The molecule has 0 saturated heterocycles. The van der Waals surface area contributed by atoms with E-state index in [-0.39, 0.29) is 0 Å². The molecule has 2 heterocycles. The van der Waals surface area contributed by atoms with E-state index in [1.807, 2.05) is 44.2 Å². The summed E-state index contributed by atoms with van der Waals surface area (Å²) < 4.78 is 5.49. The number of aryl methyl sites for hydroxylation is 2. The van der Waals surface area contributed by atoms with Gasteiger partial charge in [-0.05, 0) is 36.9 Å². The Morgan fingerprint density at radius 2 is 2.00 bits per heavy atom. The van der Waals surface area contributed by atoms with Gasteiger partial charge in [0.1, 0.15) is 17.6 Å². The first-order valence-corrected chi connectivity index (χ1v) is 6.24. The van der Waals surface area contributed by atoms with Gasteiger partial charge in [-0.25, -0.2) is 0 Å². The molecule has 0 spiro atoms. The van der Waals surface area contributed by atoms with Crippen molar-refractivity contribution in [2.45, 2.75) is 20.0 Å². The lowest BCUT2D eigenvalue weighted by molar-refractivity contribution is 0.219. The van der Waals surface area contributed by atoms with Gasteiger partial charge in [-0.2, -0.15) is 0 Å². The first-order valence-electron chi connectivity index (χ1n) is 6.24. The standard InChI is InChI=1S/C16H15NO2/c1-10-8-14(11(2)19-10)16(18)13-5-3-4-12-6-7-17-9-15(12)13/h3-9,16,18H,1-2H3. The minimum absolute atomic E-state index is 0.689. The average molecular weight is 253 g/mol. The molecule has 2 aromatic heterocycles. The van der Waals surface area contributed by atoms with Crippen molar-refractivity contribution >= 4 is 10.8 Å². The maximum absolute atomic E-state index is 10.6. The van der Waals surface area contributed by atoms with Gasteiger partial charge in [0, 0.05) is 23.3 Å². The highest BCUT2D eigenvalue weighted by Crippen LogP contribution is 2.31. The summed E-state index contributed by atoms with van der Waals surface area (Å²) in [5.41, 5.74) is 1.67. The largest absolute Gasteiger partial charge is 0.466 e. The molecule has 1 N–H and O–H groups in total. The molecule has 0 aliphatic heterocycles. The Morgan fingerprint density at radius 3 is 2.74 bits per heavy atom. The van der Waals surface area contributed by atoms with Crippen LogP contribution in [0.25, 0.3) is 10.8 Å². The molecule has 0 saturated carbocycles. The normalized spacial score (nSPS) is 12.8. The number of nitrogens with zero attached hydrogens (tertiary/aromatic N) is 1. The molecular formula is C16H15NO2. The highest BCUT2D eigenvalue weighted by molar-refractivity contribution is 5.85. The van der Waals surface area contributed by atoms with Gasteiger partial charge in [-0.15, -0.1) is 0 Å². The molecule has 1 unspecified atom stereocenters. The van der Waals surface area contributed by atoms with Crippen LogP contribution in [0, 0.1) is 13.8 Å². The molecule has 3 aromatic rings.